The molecule has 1 atom stereocenters. The van der Waals surface area contributed by atoms with Gasteiger partial charge in [-0.1, -0.05) is 42.5 Å². The number of hydrogen-bond acceptors (Lipinski definition) is 2. The topological polar surface area (TPSA) is 43.8 Å². The fourth-order valence-electron chi connectivity index (χ4n) is 2.53. The highest BCUT2D eigenvalue weighted by molar-refractivity contribution is 5.75. The molecule has 0 bridgehead atoms. The zero-order valence-electron chi connectivity index (χ0n) is 10.7. The monoisotopic (exact) mass is 251 g/mol. The van der Waals surface area contributed by atoms with Crippen molar-refractivity contribution in [3.63, 3.8) is 0 Å². The highest BCUT2D eigenvalue weighted by Crippen LogP contribution is 2.25. The summed E-state index contributed by atoms with van der Waals surface area (Å²) in [6.45, 7) is 0.659. The van der Waals surface area contributed by atoms with E-state index in [4.69, 9.17) is 5.73 Å². The van der Waals surface area contributed by atoms with Crippen molar-refractivity contribution in [1.29, 1.82) is 0 Å². The van der Waals surface area contributed by atoms with Gasteiger partial charge in [-0.05, 0) is 30.7 Å². The van der Waals surface area contributed by atoms with Crippen LogP contribution in [-0.2, 0) is 0 Å². The predicted molar refractivity (Wildman–Crippen MR) is 78.0 cm³/mol. The molecule has 3 aromatic rings. The number of para-hydroxylation sites is 2. The summed E-state index contributed by atoms with van der Waals surface area (Å²) in [7, 11) is 0. The van der Waals surface area contributed by atoms with Gasteiger partial charge in [-0.2, -0.15) is 0 Å². The predicted octanol–water partition coefficient (Wildman–Crippen LogP) is 2.97. The molecule has 3 nitrogen and oxygen atoms in total. The van der Waals surface area contributed by atoms with E-state index in [0.29, 0.717) is 6.54 Å². The Morgan fingerprint density at radius 3 is 2.53 bits per heavy atom. The van der Waals surface area contributed by atoms with Crippen molar-refractivity contribution in [2.75, 3.05) is 6.54 Å². The minimum atomic E-state index is 0.249. The molecular formula is C16H17N3. The number of rotatable bonds is 4. The summed E-state index contributed by atoms with van der Waals surface area (Å²) in [5.41, 5.74) is 9.24. The number of nitrogens with two attached hydrogens (primary N) is 1. The van der Waals surface area contributed by atoms with Gasteiger partial charge in [0.15, 0.2) is 0 Å². The van der Waals surface area contributed by atoms with Gasteiger partial charge in [-0.25, -0.2) is 4.98 Å². The smallest absolute Gasteiger partial charge is 0.0964 e. The maximum Gasteiger partial charge on any atom is 0.0964 e. The third-order valence-corrected chi connectivity index (χ3v) is 3.44. The summed E-state index contributed by atoms with van der Waals surface area (Å²) in [5.74, 6) is 0. The number of nitrogens with zero attached hydrogens (tertiary/aromatic N) is 2. The van der Waals surface area contributed by atoms with Crippen LogP contribution in [0.3, 0.4) is 0 Å². The molecule has 2 aromatic carbocycles. The summed E-state index contributed by atoms with van der Waals surface area (Å²) >= 11 is 0. The Bertz CT molecular complexity index is 658. The normalized spacial score (nSPS) is 12.7. The zero-order chi connectivity index (χ0) is 13.1. The maximum atomic E-state index is 5.78. The summed E-state index contributed by atoms with van der Waals surface area (Å²) < 4.78 is 2.22. The lowest BCUT2D eigenvalue weighted by molar-refractivity contribution is 0.560. The molecule has 0 saturated heterocycles. The molecular weight excluding hydrogens is 234 g/mol. The molecule has 2 N–H and O–H groups in total. The van der Waals surface area contributed by atoms with E-state index in [-0.39, 0.29) is 6.04 Å². The third kappa shape index (κ3) is 2.25. The van der Waals surface area contributed by atoms with E-state index in [1.54, 1.807) is 0 Å². The number of imidazole rings is 1. The van der Waals surface area contributed by atoms with Crippen LogP contribution in [-0.4, -0.2) is 16.1 Å². The Morgan fingerprint density at radius 2 is 1.74 bits per heavy atom. The van der Waals surface area contributed by atoms with Gasteiger partial charge in [-0.15, -0.1) is 0 Å². The summed E-state index contributed by atoms with van der Waals surface area (Å²) in [4.78, 5) is 4.47. The molecule has 0 radical (unpaired) electrons. The van der Waals surface area contributed by atoms with E-state index >= 15 is 0 Å². The number of benzene rings is 2. The average molecular weight is 251 g/mol. The fraction of sp³-hybridized carbons (Fsp3) is 0.188. The first-order valence-corrected chi connectivity index (χ1v) is 6.57. The lowest BCUT2D eigenvalue weighted by Crippen LogP contribution is -2.14. The first-order chi connectivity index (χ1) is 9.40. The molecule has 1 unspecified atom stereocenters. The van der Waals surface area contributed by atoms with E-state index < -0.39 is 0 Å². The standard InChI is InChI=1S/C16H17N3/c17-11-10-15(13-6-2-1-3-7-13)19-12-18-14-8-4-5-9-16(14)19/h1-9,12,15H,10-11,17H2. The van der Waals surface area contributed by atoms with Crippen LogP contribution in [0.25, 0.3) is 11.0 Å². The highest BCUT2D eigenvalue weighted by atomic mass is 15.1. The van der Waals surface area contributed by atoms with E-state index in [9.17, 15) is 0 Å². The largest absolute Gasteiger partial charge is 0.330 e. The maximum absolute atomic E-state index is 5.78. The first kappa shape index (κ1) is 11.9. The highest BCUT2D eigenvalue weighted by Gasteiger charge is 2.14. The Balaban J connectivity index is 2.10. The van der Waals surface area contributed by atoms with Crippen LogP contribution in [0.1, 0.15) is 18.0 Å². The second kappa shape index (κ2) is 5.24. The van der Waals surface area contributed by atoms with Crippen molar-refractivity contribution in [3.05, 3.63) is 66.5 Å². The van der Waals surface area contributed by atoms with Gasteiger partial charge < -0.3 is 10.3 Å². The molecule has 0 aliphatic rings. The van der Waals surface area contributed by atoms with Crippen LogP contribution in [0.15, 0.2) is 60.9 Å². The molecule has 1 heterocycles. The van der Waals surface area contributed by atoms with E-state index in [2.05, 4.69) is 39.9 Å². The van der Waals surface area contributed by atoms with Crippen LogP contribution in [0, 0.1) is 0 Å². The summed E-state index contributed by atoms with van der Waals surface area (Å²) in [6, 6.07) is 18.9. The molecule has 19 heavy (non-hydrogen) atoms. The van der Waals surface area contributed by atoms with Gasteiger partial charge in [0.1, 0.15) is 0 Å². The van der Waals surface area contributed by atoms with Crippen molar-refractivity contribution in [1.82, 2.24) is 9.55 Å². The molecule has 0 aliphatic heterocycles. The van der Waals surface area contributed by atoms with Gasteiger partial charge in [-0.3, -0.25) is 0 Å². The number of hydrogen-bond donors (Lipinski definition) is 1. The van der Waals surface area contributed by atoms with Crippen molar-refractivity contribution < 1.29 is 0 Å². The average Bonchev–Trinajstić information content (AvgIpc) is 2.89. The van der Waals surface area contributed by atoms with Crippen molar-refractivity contribution in [3.8, 4) is 0 Å². The second-order valence-corrected chi connectivity index (χ2v) is 4.64. The molecule has 0 saturated carbocycles. The van der Waals surface area contributed by atoms with Gasteiger partial charge in [0, 0.05) is 0 Å². The lowest BCUT2D eigenvalue weighted by atomic mass is 10.0. The van der Waals surface area contributed by atoms with Crippen LogP contribution in [0.5, 0.6) is 0 Å². The Hall–Kier alpha value is -2.13. The van der Waals surface area contributed by atoms with Gasteiger partial charge in [0.25, 0.3) is 0 Å². The lowest BCUT2D eigenvalue weighted by Gasteiger charge is -2.19. The second-order valence-electron chi connectivity index (χ2n) is 4.64. The van der Waals surface area contributed by atoms with Gasteiger partial charge in [0.05, 0.1) is 23.4 Å². The number of aromatic nitrogens is 2. The zero-order valence-corrected chi connectivity index (χ0v) is 10.7. The van der Waals surface area contributed by atoms with Crippen LogP contribution < -0.4 is 5.73 Å². The van der Waals surface area contributed by atoms with E-state index in [0.717, 1.165) is 17.5 Å². The third-order valence-electron chi connectivity index (χ3n) is 3.44. The number of fused-ring (bicyclic) bond motifs is 1. The van der Waals surface area contributed by atoms with Crippen LogP contribution in [0.2, 0.25) is 0 Å². The molecule has 0 spiro atoms. The minimum Gasteiger partial charge on any atom is -0.330 e. The summed E-state index contributed by atoms with van der Waals surface area (Å²) in [5, 5.41) is 0. The fourth-order valence-corrected chi connectivity index (χ4v) is 2.53. The van der Waals surface area contributed by atoms with Crippen LogP contribution >= 0.6 is 0 Å². The molecule has 3 rings (SSSR count). The molecule has 0 fully saturated rings. The van der Waals surface area contributed by atoms with Crippen molar-refractivity contribution in [2.45, 2.75) is 12.5 Å². The quantitative estimate of drug-likeness (QED) is 0.774. The van der Waals surface area contributed by atoms with E-state index in [1.165, 1.54) is 5.56 Å². The first-order valence-electron chi connectivity index (χ1n) is 6.57. The van der Waals surface area contributed by atoms with Gasteiger partial charge >= 0.3 is 0 Å². The SMILES string of the molecule is NCCC(c1ccccc1)n1cnc2ccccc21. The van der Waals surface area contributed by atoms with E-state index in [1.807, 2.05) is 30.6 Å². The van der Waals surface area contributed by atoms with Crippen molar-refractivity contribution in [2.24, 2.45) is 5.73 Å². The Kier molecular flexibility index (Phi) is 3.29. The van der Waals surface area contributed by atoms with Crippen molar-refractivity contribution >= 4 is 11.0 Å². The Labute approximate surface area is 112 Å². The molecule has 1 aromatic heterocycles. The van der Waals surface area contributed by atoms with Crippen LogP contribution in [0.4, 0.5) is 0 Å². The van der Waals surface area contributed by atoms with Gasteiger partial charge in [0.2, 0.25) is 0 Å². The summed E-state index contributed by atoms with van der Waals surface area (Å²) in [6.07, 6.45) is 2.82. The molecule has 0 aliphatic carbocycles. The molecule has 3 heteroatoms. The Morgan fingerprint density at radius 1 is 1.00 bits per heavy atom. The minimum absolute atomic E-state index is 0.249. The molecule has 0 amide bonds. The molecule has 96 valence electrons.